The SMILES string of the molecule is CC[C@H](C)NC(=O)[C@@H](Cc1ccccc1)N(Cc1ccccc1Cl)C(=O)COc1ccc(Cl)c(C)c1. The number of benzene rings is 3. The molecule has 2 amide bonds. The number of carbonyl (C=O) groups excluding carboxylic acids is 2. The van der Waals surface area contributed by atoms with Crippen molar-refractivity contribution in [2.24, 2.45) is 0 Å². The van der Waals surface area contributed by atoms with Crippen LogP contribution >= 0.6 is 23.2 Å². The van der Waals surface area contributed by atoms with Crippen molar-refractivity contribution in [2.45, 2.75) is 52.2 Å². The molecule has 1 N–H and O–H groups in total. The first-order valence-corrected chi connectivity index (χ1v) is 12.8. The summed E-state index contributed by atoms with van der Waals surface area (Å²) in [6.07, 6.45) is 1.14. The standard InChI is InChI=1S/C29H32Cl2N2O3/c1-4-21(3)32-29(35)27(17-22-10-6-5-7-11-22)33(18-23-12-8-9-13-26(23)31)28(34)19-36-24-14-15-25(30)20(2)16-24/h5-16,21,27H,4,17-19H2,1-3H3,(H,32,35)/t21-,27+/m0/s1. The summed E-state index contributed by atoms with van der Waals surface area (Å²) < 4.78 is 5.82. The predicted molar refractivity (Wildman–Crippen MR) is 146 cm³/mol. The van der Waals surface area contributed by atoms with Gasteiger partial charge in [-0.15, -0.1) is 0 Å². The molecule has 0 radical (unpaired) electrons. The molecule has 0 aliphatic heterocycles. The fourth-order valence-electron chi connectivity index (χ4n) is 3.74. The lowest BCUT2D eigenvalue weighted by Gasteiger charge is -2.32. The summed E-state index contributed by atoms with van der Waals surface area (Å²) in [5, 5.41) is 4.21. The average molecular weight is 527 g/mol. The van der Waals surface area contributed by atoms with E-state index in [0.29, 0.717) is 22.2 Å². The lowest BCUT2D eigenvalue weighted by atomic mass is 10.0. The summed E-state index contributed by atoms with van der Waals surface area (Å²) >= 11 is 12.6. The molecule has 0 aliphatic carbocycles. The number of hydrogen-bond donors (Lipinski definition) is 1. The van der Waals surface area contributed by atoms with E-state index in [4.69, 9.17) is 27.9 Å². The minimum Gasteiger partial charge on any atom is -0.484 e. The van der Waals surface area contributed by atoms with E-state index in [1.807, 2.05) is 69.3 Å². The van der Waals surface area contributed by atoms with E-state index in [1.165, 1.54) is 0 Å². The van der Waals surface area contributed by atoms with Crippen molar-refractivity contribution in [3.8, 4) is 5.75 Å². The monoisotopic (exact) mass is 526 g/mol. The molecule has 2 atom stereocenters. The highest BCUT2D eigenvalue weighted by Crippen LogP contribution is 2.23. The molecule has 7 heteroatoms. The number of nitrogens with one attached hydrogen (secondary N) is 1. The highest BCUT2D eigenvalue weighted by molar-refractivity contribution is 6.31. The van der Waals surface area contributed by atoms with Crippen LogP contribution in [0.1, 0.15) is 37.0 Å². The number of carbonyl (C=O) groups is 2. The molecule has 3 aromatic rings. The Balaban J connectivity index is 1.92. The molecule has 3 rings (SSSR count). The first-order chi connectivity index (χ1) is 17.3. The van der Waals surface area contributed by atoms with Gasteiger partial charge in [0.15, 0.2) is 6.61 Å². The third-order valence-electron chi connectivity index (χ3n) is 6.06. The van der Waals surface area contributed by atoms with E-state index in [0.717, 1.165) is 23.1 Å². The molecule has 0 aliphatic rings. The van der Waals surface area contributed by atoms with Crippen molar-refractivity contribution in [1.82, 2.24) is 10.2 Å². The summed E-state index contributed by atoms with van der Waals surface area (Å²) in [6.45, 7) is 5.77. The van der Waals surface area contributed by atoms with Crippen molar-refractivity contribution < 1.29 is 14.3 Å². The van der Waals surface area contributed by atoms with Crippen molar-refractivity contribution in [3.05, 3.63) is 99.5 Å². The molecule has 190 valence electrons. The maximum Gasteiger partial charge on any atom is 0.261 e. The summed E-state index contributed by atoms with van der Waals surface area (Å²) in [4.78, 5) is 28.7. The molecule has 0 fully saturated rings. The fourth-order valence-corrected chi connectivity index (χ4v) is 4.05. The quantitative estimate of drug-likeness (QED) is 0.322. The van der Waals surface area contributed by atoms with Gasteiger partial charge in [-0.25, -0.2) is 0 Å². The van der Waals surface area contributed by atoms with Crippen LogP contribution < -0.4 is 10.1 Å². The first kappa shape index (κ1) is 27.6. The van der Waals surface area contributed by atoms with E-state index in [-0.39, 0.29) is 31.0 Å². The highest BCUT2D eigenvalue weighted by atomic mass is 35.5. The van der Waals surface area contributed by atoms with Crippen LogP contribution in [0, 0.1) is 6.92 Å². The lowest BCUT2D eigenvalue weighted by molar-refractivity contribution is -0.143. The Morgan fingerprint density at radius 3 is 2.33 bits per heavy atom. The Labute approximate surface area is 223 Å². The first-order valence-electron chi connectivity index (χ1n) is 12.0. The molecule has 0 heterocycles. The molecule has 0 aromatic heterocycles. The van der Waals surface area contributed by atoms with Crippen molar-refractivity contribution in [1.29, 1.82) is 0 Å². The predicted octanol–water partition coefficient (Wildman–Crippen LogP) is 6.24. The van der Waals surface area contributed by atoms with Gasteiger partial charge in [0.25, 0.3) is 5.91 Å². The Morgan fingerprint density at radius 1 is 0.972 bits per heavy atom. The Bertz CT molecular complexity index is 1170. The zero-order valence-corrected chi connectivity index (χ0v) is 22.4. The molecule has 36 heavy (non-hydrogen) atoms. The van der Waals surface area contributed by atoms with Crippen LogP contribution in [-0.2, 0) is 22.6 Å². The summed E-state index contributed by atoms with van der Waals surface area (Å²) in [5.74, 6) is 0.00492. The molecular weight excluding hydrogens is 495 g/mol. The van der Waals surface area contributed by atoms with Gasteiger partial charge in [0.1, 0.15) is 11.8 Å². The van der Waals surface area contributed by atoms with E-state index < -0.39 is 6.04 Å². The lowest BCUT2D eigenvalue weighted by Crippen LogP contribution is -2.53. The van der Waals surface area contributed by atoms with Crippen LogP contribution in [0.4, 0.5) is 0 Å². The molecule has 5 nitrogen and oxygen atoms in total. The topological polar surface area (TPSA) is 58.6 Å². The zero-order chi connectivity index (χ0) is 26.1. The molecule has 0 spiro atoms. The zero-order valence-electron chi connectivity index (χ0n) is 20.8. The van der Waals surface area contributed by atoms with E-state index in [9.17, 15) is 9.59 Å². The van der Waals surface area contributed by atoms with Gasteiger partial charge < -0.3 is 15.0 Å². The third-order valence-corrected chi connectivity index (χ3v) is 6.86. The van der Waals surface area contributed by atoms with Crippen LogP contribution in [0.3, 0.4) is 0 Å². The maximum absolute atomic E-state index is 13.6. The highest BCUT2D eigenvalue weighted by Gasteiger charge is 2.31. The normalized spacial score (nSPS) is 12.5. The number of nitrogens with zero attached hydrogens (tertiary/aromatic N) is 1. The van der Waals surface area contributed by atoms with Gasteiger partial charge in [-0.1, -0.05) is 78.7 Å². The number of rotatable bonds is 11. The van der Waals surface area contributed by atoms with Crippen LogP contribution in [0.15, 0.2) is 72.8 Å². The number of ether oxygens (including phenoxy) is 1. The molecule has 3 aromatic carbocycles. The van der Waals surface area contributed by atoms with Crippen molar-refractivity contribution in [2.75, 3.05) is 6.61 Å². The Kier molecular flexibility index (Phi) is 10.2. The molecule has 0 unspecified atom stereocenters. The van der Waals surface area contributed by atoms with Crippen LogP contribution in [0.5, 0.6) is 5.75 Å². The Hall–Kier alpha value is -3.02. The smallest absolute Gasteiger partial charge is 0.261 e. The second-order valence-corrected chi connectivity index (χ2v) is 9.65. The number of aryl methyl sites for hydroxylation is 1. The molecule has 0 bridgehead atoms. The maximum atomic E-state index is 13.6. The second kappa shape index (κ2) is 13.3. The van der Waals surface area contributed by atoms with Gasteiger partial charge in [0.2, 0.25) is 5.91 Å². The van der Waals surface area contributed by atoms with E-state index in [1.54, 1.807) is 29.2 Å². The molecular formula is C29H32Cl2N2O3. The van der Waals surface area contributed by atoms with Gasteiger partial charge in [-0.05, 0) is 61.2 Å². The number of halogens is 2. The molecule has 0 saturated carbocycles. The van der Waals surface area contributed by atoms with Crippen molar-refractivity contribution >= 4 is 35.0 Å². The van der Waals surface area contributed by atoms with Gasteiger partial charge >= 0.3 is 0 Å². The van der Waals surface area contributed by atoms with Crippen LogP contribution in [0.2, 0.25) is 10.0 Å². The summed E-state index contributed by atoms with van der Waals surface area (Å²) in [7, 11) is 0. The summed E-state index contributed by atoms with van der Waals surface area (Å²) in [5.41, 5.74) is 2.56. The minimum absolute atomic E-state index is 0.0265. The minimum atomic E-state index is -0.749. The Morgan fingerprint density at radius 2 is 1.67 bits per heavy atom. The largest absolute Gasteiger partial charge is 0.484 e. The van der Waals surface area contributed by atoms with Crippen LogP contribution in [0.25, 0.3) is 0 Å². The third kappa shape index (κ3) is 7.74. The van der Waals surface area contributed by atoms with E-state index >= 15 is 0 Å². The number of amides is 2. The fraction of sp³-hybridized carbons (Fsp3) is 0.310. The van der Waals surface area contributed by atoms with Crippen molar-refractivity contribution in [3.63, 3.8) is 0 Å². The molecule has 0 saturated heterocycles. The van der Waals surface area contributed by atoms with E-state index in [2.05, 4.69) is 5.32 Å². The average Bonchev–Trinajstić information content (AvgIpc) is 2.88. The van der Waals surface area contributed by atoms with Gasteiger partial charge in [0, 0.05) is 29.1 Å². The van der Waals surface area contributed by atoms with Gasteiger partial charge in [0.05, 0.1) is 0 Å². The summed E-state index contributed by atoms with van der Waals surface area (Å²) in [6, 6.07) is 21.5. The second-order valence-electron chi connectivity index (χ2n) is 8.84. The van der Waals surface area contributed by atoms with Gasteiger partial charge in [-0.2, -0.15) is 0 Å². The number of hydrogen-bond acceptors (Lipinski definition) is 3. The van der Waals surface area contributed by atoms with Gasteiger partial charge in [-0.3, -0.25) is 9.59 Å². The van der Waals surface area contributed by atoms with Crippen LogP contribution in [-0.4, -0.2) is 35.4 Å².